The lowest BCUT2D eigenvalue weighted by Crippen LogP contribution is -2.52. The quantitative estimate of drug-likeness (QED) is 0.669. The molecule has 0 radical (unpaired) electrons. The second-order valence-electron chi connectivity index (χ2n) is 6.98. The molecule has 3 rings (SSSR count). The Hall–Kier alpha value is -2.48. The third-order valence-corrected chi connectivity index (χ3v) is 5.03. The lowest BCUT2D eigenvalue weighted by atomic mass is 10.1. The van der Waals surface area contributed by atoms with Crippen molar-refractivity contribution in [3.63, 3.8) is 0 Å². The SMILES string of the molecule is CN(CCO)[C@@H]1[C@@H](O)[C@H](Oc2cccc(F)c2)C[C@H]1NC(=O)c1ccccc1. The molecule has 7 heteroatoms. The number of ether oxygens (including phenoxy) is 1. The minimum absolute atomic E-state index is 0.0749. The van der Waals surface area contributed by atoms with Gasteiger partial charge in [-0.3, -0.25) is 9.69 Å². The predicted octanol–water partition coefficient (Wildman–Crippen LogP) is 1.43. The summed E-state index contributed by atoms with van der Waals surface area (Å²) in [6, 6.07) is 13.7. The molecule has 0 bridgehead atoms. The number of amides is 1. The molecule has 3 N–H and O–H groups in total. The summed E-state index contributed by atoms with van der Waals surface area (Å²) in [6.07, 6.45) is -1.17. The van der Waals surface area contributed by atoms with Gasteiger partial charge in [-0.2, -0.15) is 0 Å². The van der Waals surface area contributed by atoms with Crippen LogP contribution in [0.15, 0.2) is 54.6 Å². The molecule has 28 heavy (non-hydrogen) atoms. The Morgan fingerprint density at radius 2 is 2.00 bits per heavy atom. The largest absolute Gasteiger partial charge is 0.487 e. The van der Waals surface area contributed by atoms with Crippen LogP contribution in [0, 0.1) is 5.82 Å². The van der Waals surface area contributed by atoms with Crippen molar-refractivity contribution >= 4 is 5.91 Å². The second kappa shape index (κ2) is 9.14. The molecule has 0 saturated heterocycles. The molecule has 1 amide bonds. The van der Waals surface area contributed by atoms with E-state index in [0.29, 0.717) is 24.3 Å². The van der Waals surface area contributed by atoms with Crippen LogP contribution in [0.3, 0.4) is 0 Å². The molecule has 2 aromatic rings. The van der Waals surface area contributed by atoms with E-state index < -0.39 is 30.1 Å². The Labute approximate surface area is 163 Å². The van der Waals surface area contributed by atoms with Crippen LogP contribution in [0.2, 0.25) is 0 Å². The summed E-state index contributed by atoms with van der Waals surface area (Å²) in [5, 5.41) is 23.1. The number of nitrogens with zero attached hydrogens (tertiary/aromatic N) is 1. The van der Waals surface area contributed by atoms with Gasteiger partial charge in [0.1, 0.15) is 23.8 Å². The van der Waals surface area contributed by atoms with Gasteiger partial charge in [-0.1, -0.05) is 24.3 Å². The molecule has 1 aliphatic carbocycles. The fraction of sp³-hybridized carbons (Fsp3) is 0.381. The molecule has 1 fully saturated rings. The average molecular weight is 388 g/mol. The normalized spacial score (nSPS) is 24.3. The van der Waals surface area contributed by atoms with E-state index in [-0.39, 0.29) is 12.5 Å². The maximum atomic E-state index is 13.4. The van der Waals surface area contributed by atoms with Crippen molar-refractivity contribution in [2.45, 2.75) is 30.7 Å². The number of nitrogens with one attached hydrogen (secondary N) is 1. The number of carbonyl (C=O) groups is 1. The molecule has 0 aliphatic heterocycles. The number of rotatable bonds is 7. The number of hydrogen-bond donors (Lipinski definition) is 3. The summed E-state index contributed by atoms with van der Waals surface area (Å²) < 4.78 is 19.3. The highest BCUT2D eigenvalue weighted by Crippen LogP contribution is 2.29. The van der Waals surface area contributed by atoms with Crippen LogP contribution in [-0.4, -0.2) is 65.5 Å². The van der Waals surface area contributed by atoms with Crippen LogP contribution in [0.1, 0.15) is 16.8 Å². The molecule has 4 atom stereocenters. The fourth-order valence-corrected chi connectivity index (χ4v) is 3.68. The van der Waals surface area contributed by atoms with Crippen molar-refractivity contribution in [1.29, 1.82) is 0 Å². The number of carbonyl (C=O) groups excluding carboxylic acids is 1. The topological polar surface area (TPSA) is 82.0 Å². The standard InChI is InChI=1S/C21H25FN2O4/c1-24(10-11-25)19-17(23-21(27)14-6-3-2-4-7-14)13-18(20(19)26)28-16-9-5-8-15(22)12-16/h2-9,12,17-20,25-26H,10-11,13H2,1H3,(H,23,27)/t17-,18-,19+,20+/m1/s1. The summed E-state index contributed by atoms with van der Waals surface area (Å²) in [4.78, 5) is 14.4. The first-order valence-corrected chi connectivity index (χ1v) is 9.27. The lowest BCUT2D eigenvalue weighted by Gasteiger charge is -2.31. The van der Waals surface area contributed by atoms with Gasteiger partial charge in [0.05, 0.1) is 18.7 Å². The maximum absolute atomic E-state index is 13.4. The van der Waals surface area contributed by atoms with Crippen molar-refractivity contribution in [3.05, 3.63) is 66.0 Å². The molecule has 6 nitrogen and oxygen atoms in total. The Bertz CT molecular complexity index is 789. The summed E-state index contributed by atoms with van der Waals surface area (Å²) in [5.41, 5.74) is 0.523. The molecule has 1 aliphatic rings. The zero-order chi connectivity index (χ0) is 20.1. The Morgan fingerprint density at radius 1 is 1.25 bits per heavy atom. The van der Waals surface area contributed by atoms with Crippen molar-refractivity contribution < 1.29 is 24.1 Å². The zero-order valence-corrected chi connectivity index (χ0v) is 15.7. The maximum Gasteiger partial charge on any atom is 0.251 e. The predicted molar refractivity (Wildman–Crippen MR) is 103 cm³/mol. The molecule has 150 valence electrons. The van der Waals surface area contributed by atoms with E-state index in [1.807, 2.05) is 6.07 Å². The third-order valence-electron chi connectivity index (χ3n) is 5.03. The van der Waals surface area contributed by atoms with Crippen molar-refractivity contribution in [2.24, 2.45) is 0 Å². The highest BCUT2D eigenvalue weighted by molar-refractivity contribution is 5.94. The van der Waals surface area contributed by atoms with Gasteiger partial charge >= 0.3 is 0 Å². The van der Waals surface area contributed by atoms with Crippen LogP contribution in [0.4, 0.5) is 4.39 Å². The van der Waals surface area contributed by atoms with E-state index in [1.54, 1.807) is 42.3 Å². The van der Waals surface area contributed by atoms with Crippen LogP contribution < -0.4 is 10.1 Å². The molecular formula is C21H25FN2O4. The van der Waals surface area contributed by atoms with E-state index in [0.717, 1.165) is 0 Å². The fourth-order valence-electron chi connectivity index (χ4n) is 3.68. The van der Waals surface area contributed by atoms with Crippen LogP contribution in [0.5, 0.6) is 5.75 Å². The zero-order valence-electron chi connectivity index (χ0n) is 15.7. The summed E-state index contributed by atoms with van der Waals surface area (Å²) in [6.45, 7) is 0.264. The van der Waals surface area contributed by atoms with E-state index in [9.17, 15) is 19.4 Å². The van der Waals surface area contributed by atoms with E-state index in [1.165, 1.54) is 18.2 Å². The van der Waals surface area contributed by atoms with Gasteiger partial charge in [0.15, 0.2) is 0 Å². The molecule has 0 heterocycles. The smallest absolute Gasteiger partial charge is 0.251 e. The second-order valence-corrected chi connectivity index (χ2v) is 6.98. The first kappa shape index (κ1) is 20.3. The molecule has 0 spiro atoms. The average Bonchev–Trinajstić information content (AvgIpc) is 2.97. The summed E-state index contributed by atoms with van der Waals surface area (Å²) in [5.74, 6) is -0.345. The van der Waals surface area contributed by atoms with Gasteiger partial charge in [0.25, 0.3) is 5.91 Å². The van der Waals surface area contributed by atoms with Crippen molar-refractivity contribution in [3.8, 4) is 5.75 Å². The highest BCUT2D eigenvalue weighted by Gasteiger charge is 2.46. The number of benzene rings is 2. The molecule has 0 aromatic heterocycles. The van der Waals surface area contributed by atoms with Crippen LogP contribution in [-0.2, 0) is 0 Å². The number of hydrogen-bond acceptors (Lipinski definition) is 5. The minimum Gasteiger partial charge on any atom is -0.487 e. The van der Waals surface area contributed by atoms with Crippen molar-refractivity contribution in [2.75, 3.05) is 20.2 Å². The summed E-state index contributed by atoms with van der Waals surface area (Å²) in [7, 11) is 1.77. The number of aliphatic hydroxyl groups is 2. The molecule has 2 aromatic carbocycles. The van der Waals surface area contributed by atoms with Gasteiger partial charge in [-0.05, 0) is 31.3 Å². The Morgan fingerprint density at radius 3 is 2.68 bits per heavy atom. The summed E-state index contributed by atoms with van der Waals surface area (Å²) >= 11 is 0. The number of aliphatic hydroxyl groups excluding tert-OH is 2. The number of halogens is 1. The Balaban J connectivity index is 1.77. The molecular weight excluding hydrogens is 363 g/mol. The first-order chi connectivity index (χ1) is 13.5. The van der Waals surface area contributed by atoms with E-state index in [2.05, 4.69) is 5.32 Å². The van der Waals surface area contributed by atoms with E-state index in [4.69, 9.17) is 4.74 Å². The lowest BCUT2D eigenvalue weighted by molar-refractivity contribution is 0.0109. The van der Waals surface area contributed by atoms with Crippen LogP contribution in [0.25, 0.3) is 0 Å². The van der Waals surface area contributed by atoms with Crippen LogP contribution >= 0.6 is 0 Å². The Kier molecular flexibility index (Phi) is 6.61. The molecule has 1 saturated carbocycles. The van der Waals surface area contributed by atoms with E-state index >= 15 is 0 Å². The van der Waals surface area contributed by atoms with Gasteiger partial charge in [-0.25, -0.2) is 4.39 Å². The monoisotopic (exact) mass is 388 g/mol. The highest BCUT2D eigenvalue weighted by atomic mass is 19.1. The third kappa shape index (κ3) is 4.67. The minimum atomic E-state index is -0.916. The van der Waals surface area contributed by atoms with Gasteiger partial charge in [0.2, 0.25) is 0 Å². The number of likely N-dealkylation sites (N-methyl/N-ethyl adjacent to an activating group) is 1. The van der Waals surface area contributed by atoms with Gasteiger partial charge in [-0.15, -0.1) is 0 Å². The van der Waals surface area contributed by atoms with Gasteiger partial charge in [0, 0.05) is 24.6 Å². The first-order valence-electron chi connectivity index (χ1n) is 9.27. The van der Waals surface area contributed by atoms with Crippen molar-refractivity contribution in [1.82, 2.24) is 10.2 Å². The van der Waals surface area contributed by atoms with Gasteiger partial charge < -0.3 is 20.3 Å². The molecule has 0 unspecified atom stereocenters.